The van der Waals surface area contributed by atoms with E-state index in [9.17, 15) is 13.2 Å². The van der Waals surface area contributed by atoms with Crippen molar-refractivity contribution >= 4 is 33.2 Å². The average molecular weight is 335 g/mol. The SMILES string of the molecule is COCCN(CCC(=O)Nc1cccc(Cl)c1)S(C)(=O)=O. The lowest BCUT2D eigenvalue weighted by Crippen LogP contribution is -2.35. The highest BCUT2D eigenvalue weighted by atomic mass is 35.5. The van der Waals surface area contributed by atoms with Crippen molar-refractivity contribution in [3.63, 3.8) is 0 Å². The van der Waals surface area contributed by atoms with Gasteiger partial charge in [0.25, 0.3) is 0 Å². The van der Waals surface area contributed by atoms with E-state index < -0.39 is 10.0 Å². The van der Waals surface area contributed by atoms with Gasteiger partial charge in [-0.3, -0.25) is 4.79 Å². The number of amides is 1. The van der Waals surface area contributed by atoms with Crippen molar-refractivity contribution < 1.29 is 17.9 Å². The van der Waals surface area contributed by atoms with E-state index in [4.69, 9.17) is 16.3 Å². The highest BCUT2D eigenvalue weighted by Gasteiger charge is 2.17. The number of nitrogens with one attached hydrogen (secondary N) is 1. The van der Waals surface area contributed by atoms with Crippen LogP contribution in [0.4, 0.5) is 5.69 Å². The van der Waals surface area contributed by atoms with Crippen LogP contribution < -0.4 is 5.32 Å². The Morgan fingerprint density at radius 2 is 2.10 bits per heavy atom. The van der Waals surface area contributed by atoms with Gasteiger partial charge in [-0.2, -0.15) is 4.31 Å². The van der Waals surface area contributed by atoms with Crippen LogP contribution in [0.2, 0.25) is 5.02 Å². The predicted octanol–water partition coefficient (Wildman–Crippen LogP) is 1.58. The smallest absolute Gasteiger partial charge is 0.225 e. The summed E-state index contributed by atoms with van der Waals surface area (Å²) in [6.45, 7) is 0.608. The van der Waals surface area contributed by atoms with Crippen LogP contribution in [0.3, 0.4) is 0 Å². The van der Waals surface area contributed by atoms with E-state index in [0.717, 1.165) is 6.26 Å². The Morgan fingerprint density at radius 1 is 1.38 bits per heavy atom. The summed E-state index contributed by atoms with van der Waals surface area (Å²) in [7, 11) is -1.87. The third-order valence-corrected chi connectivity index (χ3v) is 4.25. The molecule has 0 aromatic heterocycles. The van der Waals surface area contributed by atoms with Crippen molar-refractivity contribution in [2.45, 2.75) is 6.42 Å². The molecule has 0 aliphatic carbocycles. The molecule has 0 bridgehead atoms. The highest BCUT2D eigenvalue weighted by molar-refractivity contribution is 7.88. The highest BCUT2D eigenvalue weighted by Crippen LogP contribution is 2.15. The monoisotopic (exact) mass is 334 g/mol. The van der Waals surface area contributed by atoms with Crippen LogP contribution in [0.5, 0.6) is 0 Å². The number of rotatable bonds is 8. The van der Waals surface area contributed by atoms with Crippen LogP contribution >= 0.6 is 11.6 Å². The molecule has 1 N–H and O–H groups in total. The lowest BCUT2D eigenvalue weighted by atomic mass is 10.3. The minimum atomic E-state index is -3.36. The van der Waals surface area contributed by atoms with E-state index in [1.54, 1.807) is 24.3 Å². The first-order valence-corrected chi connectivity index (χ1v) is 8.55. The van der Waals surface area contributed by atoms with E-state index in [1.807, 2.05) is 0 Å². The number of benzene rings is 1. The number of anilines is 1. The van der Waals surface area contributed by atoms with Gasteiger partial charge in [-0.25, -0.2) is 8.42 Å². The summed E-state index contributed by atoms with van der Waals surface area (Å²) in [5.74, 6) is -0.275. The molecule has 8 heteroatoms. The van der Waals surface area contributed by atoms with Crippen LogP contribution in [-0.4, -0.2) is 51.7 Å². The van der Waals surface area contributed by atoms with Gasteiger partial charge in [0.05, 0.1) is 12.9 Å². The van der Waals surface area contributed by atoms with Gasteiger partial charge in [-0.15, -0.1) is 0 Å². The van der Waals surface area contributed by atoms with Gasteiger partial charge in [0.1, 0.15) is 0 Å². The number of carbonyl (C=O) groups excluding carboxylic acids is 1. The minimum absolute atomic E-state index is 0.0588. The zero-order valence-corrected chi connectivity index (χ0v) is 13.6. The van der Waals surface area contributed by atoms with Crippen molar-refractivity contribution in [2.24, 2.45) is 0 Å². The Labute approximate surface area is 130 Å². The van der Waals surface area contributed by atoms with Gasteiger partial charge in [-0.05, 0) is 18.2 Å². The second-order valence-corrected chi connectivity index (χ2v) is 6.88. The molecule has 0 aliphatic heterocycles. The molecule has 6 nitrogen and oxygen atoms in total. The third-order valence-electron chi connectivity index (χ3n) is 2.71. The van der Waals surface area contributed by atoms with Crippen molar-refractivity contribution in [1.29, 1.82) is 0 Å². The normalized spacial score (nSPS) is 11.6. The lowest BCUT2D eigenvalue weighted by Gasteiger charge is -2.19. The molecular formula is C13H19ClN2O4S. The van der Waals surface area contributed by atoms with E-state index >= 15 is 0 Å². The summed E-state index contributed by atoms with van der Waals surface area (Å²) >= 11 is 5.82. The molecular weight excluding hydrogens is 316 g/mol. The summed E-state index contributed by atoms with van der Waals surface area (Å²) in [4.78, 5) is 11.8. The predicted molar refractivity (Wildman–Crippen MR) is 83.0 cm³/mol. The Bertz CT molecular complexity index is 577. The fourth-order valence-corrected chi connectivity index (χ4v) is 2.67. The summed E-state index contributed by atoms with van der Waals surface area (Å²) in [5, 5.41) is 3.19. The quantitative estimate of drug-likeness (QED) is 0.783. The molecule has 118 valence electrons. The number of nitrogens with zero attached hydrogens (tertiary/aromatic N) is 1. The molecule has 0 saturated heterocycles. The van der Waals surface area contributed by atoms with Crippen LogP contribution in [0.25, 0.3) is 0 Å². The van der Waals surface area contributed by atoms with Crippen molar-refractivity contribution in [3.8, 4) is 0 Å². The molecule has 1 aromatic carbocycles. The maximum Gasteiger partial charge on any atom is 0.225 e. The lowest BCUT2D eigenvalue weighted by molar-refractivity contribution is -0.116. The molecule has 0 aliphatic rings. The molecule has 0 saturated carbocycles. The number of ether oxygens (including phenoxy) is 1. The molecule has 0 unspecified atom stereocenters. The Balaban J connectivity index is 2.53. The second kappa shape index (κ2) is 8.33. The van der Waals surface area contributed by atoms with Crippen LogP contribution in [0, 0.1) is 0 Å². The first kappa shape index (κ1) is 17.9. The van der Waals surface area contributed by atoms with Crippen LogP contribution in [-0.2, 0) is 19.6 Å². The number of carbonyl (C=O) groups is 1. The molecule has 1 rings (SSSR count). The van der Waals surface area contributed by atoms with Gasteiger partial charge >= 0.3 is 0 Å². The molecule has 0 fully saturated rings. The van der Waals surface area contributed by atoms with Crippen molar-refractivity contribution in [1.82, 2.24) is 4.31 Å². The number of hydrogen-bond acceptors (Lipinski definition) is 4. The zero-order valence-electron chi connectivity index (χ0n) is 12.0. The molecule has 1 amide bonds. The maximum atomic E-state index is 11.8. The zero-order chi connectivity index (χ0) is 15.9. The fraction of sp³-hybridized carbons (Fsp3) is 0.462. The molecule has 0 spiro atoms. The van der Waals surface area contributed by atoms with Gasteiger partial charge < -0.3 is 10.1 Å². The standard InChI is InChI=1S/C13H19ClN2O4S/c1-20-9-8-16(21(2,18)19)7-6-13(17)15-12-5-3-4-11(14)10-12/h3-5,10H,6-9H2,1-2H3,(H,15,17). The average Bonchev–Trinajstić information content (AvgIpc) is 2.37. The van der Waals surface area contributed by atoms with Gasteiger partial charge in [-0.1, -0.05) is 17.7 Å². The fourth-order valence-electron chi connectivity index (χ4n) is 1.65. The summed E-state index contributed by atoms with van der Waals surface area (Å²) in [5.41, 5.74) is 0.579. The molecule has 21 heavy (non-hydrogen) atoms. The van der Waals surface area contributed by atoms with Crippen LogP contribution in [0.1, 0.15) is 6.42 Å². The Kier molecular flexibility index (Phi) is 7.10. The number of sulfonamides is 1. The first-order chi connectivity index (χ1) is 9.82. The largest absolute Gasteiger partial charge is 0.383 e. The summed E-state index contributed by atoms with van der Waals surface area (Å²) < 4.78 is 29.2. The van der Waals surface area contributed by atoms with Crippen LogP contribution in [0.15, 0.2) is 24.3 Å². The first-order valence-electron chi connectivity index (χ1n) is 6.32. The third kappa shape index (κ3) is 6.90. The second-order valence-electron chi connectivity index (χ2n) is 4.46. The van der Waals surface area contributed by atoms with Gasteiger partial charge in [0.2, 0.25) is 15.9 Å². The molecule has 0 heterocycles. The topological polar surface area (TPSA) is 75.7 Å². The molecule has 1 aromatic rings. The molecule has 0 radical (unpaired) electrons. The Hall–Kier alpha value is -1.15. The minimum Gasteiger partial charge on any atom is -0.383 e. The number of halogens is 1. The summed E-state index contributed by atoms with van der Waals surface area (Å²) in [6, 6.07) is 6.76. The number of methoxy groups -OCH3 is 1. The van der Waals surface area contributed by atoms with E-state index in [2.05, 4.69) is 5.32 Å². The summed E-state index contributed by atoms with van der Waals surface area (Å²) in [6.07, 6.45) is 1.17. The van der Waals surface area contributed by atoms with Gasteiger partial charge in [0, 0.05) is 37.3 Å². The van der Waals surface area contributed by atoms with E-state index in [0.29, 0.717) is 10.7 Å². The number of hydrogen-bond donors (Lipinski definition) is 1. The van der Waals surface area contributed by atoms with E-state index in [1.165, 1.54) is 11.4 Å². The van der Waals surface area contributed by atoms with E-state index in [-0.39, 0.29) is 32.0 Å². The maximum absolute atomic E-state index is 11.8. The van der Waals surface area contributed by atoms with Gasteiger partial charge in [0.15, 0.2) is 0 Å². The molecule has 0 atom stereocenters. The van der Waals surface area contributed by atoms with Crippen molar-refractivity contribution in [2.75, 3.05) is 38.4 Å². The Morgan fingerprint density at radius 3 is 2.67 bits per heavy atom. The van der Waals surface area contributed by atoms with Crippen molar-refractivity contribution in [3.05, 3.63) is 29.3 Å².